The first-order valence-corrected chi connectivity index (χ1v) is 7.63. The van der Waals surface area contributed by atoms with Crippen molar-refractivity contribution in [2.45, 2.75) is 25.9 Å². The van der Waals surface area contributed by atoms with Crippen molar-refractivity contribution in [2.75, 3.05) is 33.4 Å². The van der Waals surface area contributed by atoms with Gasteiger partial charge in [0, 0.05) is 32.7 Å². The van der Waals surface area contributed by atoms with Crippen molar-refractivity contribution in [3.05, 3.63) is 15.9 Å². The van der Waals surface area contributed by atoms with E-state index in [1.807, 2.05) is 18.8 Å². The van der Waals surface area contributed by atoms with Gasteiger partial charge in [-0.3, -0.25) is 9.58 Å². The highest BCUT2D eigenvalue weighted by atomic mass is 79.9. The Kier molecular flexibility index (Phi) is 5.38. The van der Waals surface area contributed by atoms with Crippen LogP contribution in [0.15, 0.2) is 4.47 Å². The second-order valence-corrected chi connectivity index (χ2v) is 5.73. The van der Waals surface area contributed by atoms with Gasteiger partial charge in [0.25, 0.3) is 0 Å². The van der Waals surface area contributed by atoms with Crippen LogP contribution >= 0.6 is 15.9 Å². The Labute approximate surface area is 123 Å². The lowest BCUT2D eigenvalue weighted by molar-refractivity contribution is -0.0114. The van der Waals surface area contributed by atoms with Gasteiger partial charge in [-0.15, -0.1) is 0 Å². The molecule has 1 unspecified atom stereocenters. The van der Waals surface area contributed by atoms with E-state index < -0.39 is 0 Å². The molecule has 0 amide bonds. The van der Waals surface area contributed by atoms with Crippen molar-refractivity contribution >= 4 is 15.9 Å². The number of ether oxygens (including phenoxy) is 1. The first-order valence-electron chi connectivity index (χ1n) is 6.84. The third-order valence-electron chi connectivity index (χ3n) is 3.65. The molecule has 1 aliphatic heterocycles. The first kappa shape index (κ1) is 15.0. The molecular formula is C13H23BrN4O. The number of hydrogen-bond acceptors (Lipinski definition) is 4. The van der Waals surface area contributed by atoms with Crippen LogP contribution in [0.2, 0.25) is 0 Å². The summed E-state index contributed by atoms with van der Waals surface area (Å²) in [5.74, 6) is 0. The fraction of sp³-hybridized carbons (Fsp3) is 0.769. The number of aryl methyl sites for hydroxylation is 2. The fourth-order valence-electron chi connectivity index (χ4n) is 2.50. The van der Waals surface area contributed by atoms with Crippen molar-refractivity contribution in [3.63, 3.8) is 0 Å². The van der Waals surface area contributed by atoms with E-state index in [0.29, 0.717) is 6.04 Å². The quantitative estimate of drug-likeness (QED) is 0.879. The Balaban J connectivity index is 2.12. The van der Waals surface area contributed by atoms with Crippen LogP contribution in [0.4, 0.5) is 0 Å². The molecule has 1 aromatic rings. The summed E-state index contributed by atoms with van der Waals surface area (Å²) in [5, 5.41) is 7.80. The summed E-state index contributed by atoms with van der Waals surface area (Å²) in [5.41, 5.74) is 2.38. The SMILES string of the molecule is CCc1nn(C)c(CN2CCOCC2CNC)c1Br. The Morgan fingerprint density at radius 1 is 1.53 bits per heavy atom. The fourth-order valence-corrected chi connectivity index (χ4v) is 3.25. The van der Waals surface area contributed by atoms with Gasteiger partial charge in [0.1, 0.15) is 0 Å². The molecule has 2 rings (SSSR count). The first-order chi connectivity index (χ1) is 9.17. The molecule has 5 nitrogen and oxygen atoms in total. The van der Waals surface area contributed by atoms with Gasteiger partial charge in [-0.1, -0.05) is 6.92 Å². The smallest absolute Gasteiger partial charge is 0.0767 e. The van der Waals surface area contributed by atoms with Crippen molar-refractivity contribution in [3.8, 4) is 0 Å². The van der Waals surface area contributed by atoms with Crippen LogP contribution in [-0.2, 0) is 24.8 Å². The lowest BCUT2D eigenvalue weighted by atomic mass is 10.2. The number of nitrogens with zero attached hydrogens (tertiary/aromatic N) is 3. The molecule has 1 saturated heterocycles. The minimum atomic E-state index is 0.436. The van der Waals surface area contributed by atoms with Gasteiger partial charge in [0.05, 0.1) is 29.1 Å². The normalized spacial score (nSPS) is 20.9. The van der Waals surface area contributed by atoms with Crippen molar-refractivity contribution in [1.29, 1.82) is 0 Å². The van der Waals surface area contributed by atoms with Crippen LogP contribution in [0.3, 0.4) is 0 Å². The molecule has 108 valence electrons. The summed E-state index contributed by atoms with van der Waals surface area (Å²) in [6, 6.07) is 0.436. The molecule has 1 aromatic heterocycles. The number of morpholine rings is 1. The van der Waals surface area contributed by atoms with Crippen LogP contribution in [0.5, 0.6) is 0 Å². The van der Waals surface area contributed by atoms with Gasteiger partial charge in [-0.2, -0.15) is 5.10 Å². The lowest BCUT2D eigenvalue weighted by Crippen LogP contribution is -2.49. The van der Waals surface area contributed by atoms with Gasteiger partial charge in [-0.25, -0.2) is 0 Å². The van der Waals surface area contributed by atoms with Crippen LogP contribution < -0.4 is 5.32 Å². The maximum atomic E-state index is 5.57. The molecular weight excluding hydrogens is 308 g/mol. The summed E-state index contributed by atoms with van der Waals surface area (Å²) in [4.78, 5) is 2.47. The predicted molar refractivity (Wildman–Crippen MR) is 79.2 cm³/mol. The van der Waals surface area contributed by atoms with Crippen LogP contribution in [0, 0.1) is 0 Å². The Bertz CT molecular complexity index is 419. The number of nitrogens with one attached hydrogen (secondary N) is 1. The average molecular weight is 331 g/mol. The largest absolute Gasteiger partial charge is 0.378 e. The topological polar surface area (TPSA) is 42.3 Å². The molecule has 1 aliphatic rings. The molecule has 19 heavy (non-hydrogen) atoms. The molecule has 0 aromatic carbocycles. The van der Waals surface area contributed by atoms with Crippen molar-refractivity contribution in [2.24, 2.45) is 7.05 Å². The van der Waals surface area contributed by atoms with E-state index in [9.17, 15) is 0 Å². The van der Waals surface area contributed by atoms with E-state index in [0.717, 1.165) is 49.4 Å². The highest BCUT2D eigenvalue weighted by Crippen LogP contribution is 2.24. The molecule has 0 spiro atoms. The zero-order valence-corrected chi connectivity index (χ0v) is 13.5. The van der Waals surface area contributed by atoms with E-state index >= 15 is 0 Å². The average Bonchev–Trinajstić information content (AvgIpc) is 2.68. The second kappa shape index (κ2) is 6.83. The van der Waals surface area contributed by atoms with E-state index in [2.05, 4.69) is 38.2 Å². The van der Waals surface area contributed by atoms with Gasteiger partial charge >= 0.3 is 0 Å². The summed E-state index contributed by atoms with van der Waals surface area (Å²) >= 11 is 3.69. The van der Waals surface area contributed by atoms with Gasteiger partial charge in [0.2, 0.25) is 0 Å². The van der Waals surface area contributed by atoms with Crippen molar-refractivity contribution in [1.82, 2.24) is 20.0 Å². The van der Waals surface area contributed by atoms with Crippen molar-refractivity contribution < 1.29 is 4.74 Å². The molecule has 0 bridgehead atoms. The maximum absolute atomic E-state index is 5.57. The van der Waals surface area contributed by atoms with E-state index in [4.69, 9.17) is 4.74 Å². The Morgan fingerprint density at radius 2 is 2.32 bits per heavy atom. The number of likely N-dealkylation sites (N-methyl/N-ethyl adjacent to an activating group) is 1. The number of aromatic nitrogens is 2. The van der Waals surface area contributed by atoms with Crippen LogP contribution in [-0.4, -0.2) is 54.1 Å². The summed E-state index contributed by atoms with van der Waals surface area (Å²) in [7, 11) is 4.01. The standard InChI is InChI=1S/C13H23BrN4O/c1-4-11-13(14)12(17(3)16-11)8-18-5-6-19-9-10(18)7-15-2/h10,15H,4-9H2,1-3H3. The number of rotatable bonds is 5. The summed E-state index contributed by atoms with van der Waals surface area (Å²) in [6.45, 7) is 6.60. The third kappa shape index (κ3) is 3.37. The zero-order valence-electron chi connectivity index (χ0n) is 11.9. The maximum Gasteiger partial charge on any atom is 0.0767 e. The second-order valence-electron chi connectivity index (χ2n) is 4.94. The third-order valence-corrected chi connectivity index (χ3v) is 4.56. The monoisotopic (exact) mass is 330 g/mol. The highest BCUT2D eigenvalue weighted by Gasteiger charge is 2.25. The summed E-state index contributed by atoms with van der Waals surface area (Å²) < 4.78 is 8.73. The van der Waals surface area contributed by atoms with Gasteiger partial charge in [-0.05, 0) is 29.4 Å². The minimum Gasteiger partial charge on any atom is -0.378 e. The molecule has 0 radical (unpaired) electrons. The van der Waals surface area contributed by atoms with E-state index in [1.165, 1.54) is 5.69 Å². The minimum absolute atomic E-state index is 0.436. The molecule has 1 atom stereocenters. The lowest BCUT2D eigenvalue weighted by Gasteiger charge is -2.35. The van der Waals surface area contributed by atoms with Gasteiger partial charge < -0.3 is 10.1 Å². The van der Waals surface area contributed by atoms with E-state index in [1.54, 1.807) is 0 Å². The predicted octanol–water partition coefficient (Wildman–Crippen LogP) is 1.17. The Morgan fingerprint density at radius 3 is 2.95 bits per heavy atom. The Hall–Kier alpha value is -0.430. The van der Waals surface area contributed by atoms with Gasteiger partial charge in [0.15, 0.2) is 0 Å². The summed E-state index contributed by atoms with van der Waals surface area (Å²) in [6.07, 6.45) is 0.956. The molecule has 0 saturated carbocycles. The molecule has 1 N–H and O–H groups in total. The van der Waals surface area contributed by atoms with E-state index in [-0.39, 0.29) is 0 Å². The molecule has 1 fully saturated rings. The highest BCUT2D eigenvalue weighted by molar-refractivity contribution is 9.10. The molecule has 6 heteroatoms. The van der Waals surface area contributed by atoms with Crippen LogP contribution in [0.1, 0.15) is 18.3 Å². The number of halogens is 1. The molecule has 2 heterocycles. The number of hydrogen-bond donors (Lipinski definition) is 1. The van der Waals surface area contributed by atoms with Crippen LogP contribution in [0.25, 0.3) is 0 Å². The zero-order chi connectivity index (χ0) is 13.8. The molecule has 0 aliphatic carbocycles.